The van der Waals surface area contributed by atoms with Crippen molar-refractivity contribution in [1.29, 1.82) is 0 Å². The molecule has 2 heterocycles. The number of nitrogens with one attached hydrogen (secondary N) is 2. The van der Waals surface area contributed by atoms with Crippen LogP contribution >= 0.6 is 0 Å². The van der Waals surface area contributed by atoms with Crippen molar-refractivity contribution < 1.29 is 9.53 Å². The maximum absolute atomic E-state index is 12.7. The van der Waals surface area contributed by atoms with Crippen LogP contribution in [0.4, 0.5) is 10.5 Å². The van der Waals surface area contributed by atoms with E-state index in [0.29, 0.717) is 24.4 Å². The monoisotopic (exact) mass is 407 g/mol. The number of carbonyl (C=O) groups is 1. The van der Waals surface area contributed by atoms with Gasteiger partial charge < -0.3 is 15.4 Å². The number of rotatable bonds is 7. The Morgan fingerprint density at radius 2 is 1.73 bits per heavy atom. The molecular formula is C25H33N3O2. The van der Waals surface area contributed by atoms with Gasteiger partial charge in [-0.25, -0.2) is 4.79 Å². The first-order chi connectivity index (χ1) is 14.7. The number of hydrogen-bond donors (Lipinski definition) is 2. The van der Waals surface area contributed by atoms with E-state index < -0.39 is 0 Å². The summed E-state index contributed by atoms with van der Waals surface area (Å²) in [5.74, 6) is 0.711. The van der Waals surface area contributed by atoms with E-state index in [0.717, 1.165) is 31.5 Å². The molecule has 4 rings (SSSR count). The molecule has 0 aromatic heterocycles. The van der Waals surface area contributed by atoms with Crippen molar-refractivity contribution in [1.82, 2.24) is 10.2 Å². The lowest BCUT2D eigenvalue weighted by Crippen LogP contribution is -2.57. The third-order valence-corrected chi connectivity index (χ3v) is 6.40. The quantitative estimate of drug-likeness (QED) is 0.691. The Morgan fingerprint density at radius 3 is 2.47 bits per heavy atom. The standard InChI is InChI=1S/C25H33N3O2/c1-2-30-24-14-7-6-13-23(24)27-25(29)26-20-17-21-11-8-12-22(18-20)28(21)16-15-19-9-4-3-5-10-19/h3-7,9-10,13-14,20-22H,2,8,11-12,15-18H2,1H3,(H2,26,27,29)/t21-,22-/m0/s1. The molecule has 5 nitrogen and oxygen atoms in total. The molecule has 30 heavy (non-hydrogen) atoms. The SMILES string of the molecule is CCOc1ccccc1NC(=O)NC1C[C@@H]2CCC[C@@H](C1)N2CCc1ccccc1. The number of fused-ring (bicyclic) bond motifs is 2. The van der Waals surface area contributed by atoms with Crippen LogP contribution in [0, 0.1) is 0 Å². The minimum atomic E-state index is -0.136. The predicted octanol–water partition coefficient (Wildman–Crippen LogP) is 4.84. The van der Waals surface area contributed by atoms with Crippen LogP contribution in [0.3, 0.4) is 0 Å². The fourth-order valence-electron chi connectivity index (χ4n) is 5.06. The Balaban J connectivity index is 1.32. The maximum atomic E-state index is 12.7. The van der Waals surface area contributed by atoms with Gasteiger partial charge in [-0.3, -0.25) is 4.90 Å². The van der Waals surface area contributed by atoms with Gasteiger partial charge in [-0.2, -0.15) is 0 Å². The molecule has 2 bridgehead atoms. The van der Waals surface area contributed by atoms with Gasteiger partial charge in [0.1, 0.15) is 5.75 Å². The summed E-state index contributed by atoms with van der Waals surface area (Å²) in [6.45, 7) is 3.63. The van der Waals surface area contributed by atoms with Gasteiger partial charge in [0, 0.05) is 24.7 Å². The number of carbonyl (C=O) groups excluding carboxylic acids is 1. The van der Waals surface area contributed by atoms with Crippen LogP contribution in [0.1, 0.15) is 44.6 Å². The molecule has 0 saturated carbocycles. The van der Waals surface area contributed by atoms with E-state index in [4.69, 9.17) is 4.74 Å². The van der Waals surface area contributed by atoms with Crippen LogP contribution in [-0.2, 0) is 6.42 Å². The van der Waals surface area contributed by atoms with E-state index in [9.17, 15) is 4.79 Å². The van der Waals surface area contributed by atoms with E-state index in [1.165, 1.54) is 24.8 Å². The van der Waals surface area contributed by atoms with Crippen molar-refractivity contribution in [3.8, 4) is 5.75 Å². The molecule has 0 aliphatic carbocycles. The Labute approximate surface area is 179 Å². The van der Waals surface area contributed by atoms with Crippen molar-refractivity contribution in [2.75, 3.05) is 18.5 Å². The Kier molecular flexibility index (Phi) is 6.90. The summed E-state index contributed by atoms with van der Waals surface area (Å²) in [6, 6.07) is 19.6. The molecule has 160 valence electrons. The van der Waals surface area contributed by atoms with Crippen LogP contribution in [0.5, 0.6) is 5.75 Å². The number of urea groups is 1. The van der Waals surface area contributed by atoms with Crippen LogP contribution in [-0.4, -0.2) is 42.2 Å². The van der Waals surface area contributed by atoms with E-state index in [-0.39, 0.29) is 12.1 Å². The number of nitrogens with zero attached hydrogens (tertiary/aromatic N) is 1. The number of piperidine rings is 2. The molecule has 2 aromatic carbocycles. The first-order valence-electron chi connectivity index (χ1n) is 11.3. The number of ether oxygens (including phenoxy) is 1. The summed E-state index contributed by atoms with van der Waals surface area (Å²) in [7, 11) is 0. The van der Waals surface area contributed by atoms with Gasteiger partial charge in [-0.05, 0) is 56.7 Å². The first-order valence-corrected chi connectivity index (χ1v) is 11.3. The number of benzene rings is 2. The molecule has 2 saturated heterocycles. The largest absolute Gasteiger partial charge is 0.492 e. The smallest absolute Gasteiger partial charge is 0.319 e. The highest BCUT2D eigenvalue weighted by Gasteiger charge is 2.38. The van der Waals surface area contributed by atoms with Crippen molar-refractivity contribution in [2.45, 2.75) is 63.6 Å². The van der Waals surface area contributed by atoms with E-state index >= 15 is 0 Å². The topological polar surface area (TPSA) is 53.6 Å². The predicted molar refractivity (Wildman–Crippen MR) is 121 cm³/mol. The molecule has 2 aliphatic heterocycles. The van der Waals surface area contributed by atoms with Gasteiger partial charge in [0.2, 0.25) is 0 Å². The lowest BCUT2D eigenvalue weighted by Gasteiger charge is -2.49. The Morgan fingerprint density at radius 1 is 1.03 bits per heavy atom. The minimum absolute atomic E-state index is 0.136. The third kappa shape index (κ3) is 5.14. The molecular weight excluding hydrogens is 374 g/mol. The van der Waals surface area contributed by atoms with Gasteiger partial charge >= 0.3 is 6.03 Å². The summed E-state index contributed by atoms with van der Waals surface area (Å²) in [5.41, 5.74) is 2.13. The second-order valence-electron chi connectivity index (χ2n) is 8.41. The number of para-hydroxylation sites is 2. The van der Waals surface area contributed by atoms with Crippen molar-refractivity contribution >= 4 is 11.7 Å². The lowest BCUT2D eigenvalue weighted by atomic mass is 9.81. The molecule has 2 amide bonds. The maximum Gasteiger partial charge on any atom is 0.319 e. The Hall–Kier alpha value is -2.53. The van der Waals surface area contributed by atoms with Gasteiger partial charge in [0.05, 0.1) is 12.3 Å². The highest BCUT2D eigenvalue weighted by atomic mass is 16.5. The molecule has 2 atom stereocenters. The van der Waals surface area contributed by atoms with Gasteiger partial charge in [0.15, 0.2) is 0 Å². The second kappa shape index (κ2) is 9.98. The molecule has 0 unspecified atom stereocenters. The van der Waals surface area contributed by atoms with E-state index in [1.54, 1.807) is 0 Å². The highest BCUT2D eigenvalue weighted by Crippen LogP contribution is 2.34. The van der Waals surface area contributed by atoms with Gasteiger partial charge in [0.25, 0.3) is 0 Å². The van der Waals surface area contributed by atoms with E-state index in [1.807, 2.05) is 31.2 Å². The number of anilines is 1. The molecule has 0 spiro atoms. The zero-order valence-electron chi connectivity index (χ0n) is 17.8. The minimum Gasteiger partial charge on any atom is -0.492 e. The van der Waals surface area contributed by atoms with Crippen molar-refractivity contribution in [3.05, 3.63) is 60.2 Å². The van der Waals surface area contributed by atoms with E-state index in [2.05, 4.69) is 45.9 Å². The molecule has 2 N–H and O–H groups in total. The van der Waals surface area contributed by atoms with Crippen molar-refractivity contribution in [2.24, 2.45) is 0 Å². The summed E-state index contributed by atoms with van der Waals surface area (Å²) >= 11 is 0. The molecule has 5 heteroatoms. The fourth-order valence-corrected chi connectivity index (χ4v) is 5.06. The van der Waals surface area contributed by atoms with Crippen LogP contribution in [0.2, 0.25) is 0 Å². The zero-order chi connectivity index (χ0) is 20.8. The zero-order valence-corrected chi connectivity index (χ0v) is 17.8. The molecule has 0 radical (unpaired) electrons. The van der Waals surface area contributed by atoms with Crippen LogP contribution in [0.25, 0.3) is 0 Å². The average molecular weight is 408 g/mol. The number of hydrogen-bond acceptors (Lipinski definition) is 3. The third-order valence-electron chi connectivity index (χ3n) is 6.40. The van der Waals surface area contributed by atoms with Crippen LogP contribution in [0.15, 0.2) is 54.6 Å². The molecule has 2 fully saturated rings. The Bertz CT molecular complexity index is 812. The highest BCUT2D eigenvalue weighted by molar-refractivity contribution is 5.91. The van der Waals surface area contributed by atoms with Crippen molar-refractivity contribution in [3.63, 3.8) is 0 Å². The average Bonchev–Trinajstić information content (AvgIpc) is 2.74. The fraction of sp³-hybridized carbons (Fsp3) is 0.480. The first kappa shape index (κ1) is 20.7. The number of amides is 2. The summed E-state index contributed by atoms with van der Waals surface area (Å²) < 4.78 is 5.62. The van der Waals surface area contributed by atoms with Gasteiger partial charge in [-0.1, -0.05) is 48.9 Å². The summed E-state index contributed by atoms with van der Waals surface area (Å²) in [6.07, 6.45) is 6.94. The normalized spacial score (nSPS) is 23.6. The molecule has 2 aromatic rings. The summed E-state index contributed by atoms with van der Waals surface area (Å²) in [5, 5.41) is 6.20. The lowest BCUT2D eigenvalue weighted by molar-refractivity contribution is 0.0280. The second-order valence-corrected chi connectivity index (χ2v) is 8.41. The molecule has 2 aliphatic rings. The van der Waals surface area contributed by atoms with Gasteiger partial charge in [-0.15, -0.1) is 0 Å². The van der Waals surface area contributed by atoms with Crippen LogP contribution < -0.4 is 15.4 Å². The summed E-state index contributed by atoms with van der Waals surface area (Å²) in [4.78, 5) is 15.4.